The highest BCUT2D eigenvalue weighted by Gasteiger charge is 2.21. The molecular weight excluding hydrogens is 224 g/mol. The third-order valence-corrected chi connectivity index (χ3v) is 1.75. The molecule has 0 spiro atoms. The molecule has 100 valence electrons. The molecule has 0 aliphatic carbocycles. The van der Waals surface area contributed by atoms with Crippen molar-refractivity contribution in [2.75, 3.05) is 0 Å². The zero-order valence-electron chi connectivity index (χ0n) is 11.0. The second kappa shape index (κ2) is 6.44. The summed E-state index contributed by atoms with van der Waals surface area (Å²) in [5.74, 6) is -0.793. The van der Waals surface area contributed by atoms with Gasteiger partial charge in [0.1, 0.15) is 11.6 Å². The van der Waals surface area contributed by atoms with E-state index in [0.29, 0.717) is 6.42 Å². The van der Waals surface area contributed by atoms with Crippen LogP contribution >= 0.6 is 0 Å². The summed E-state index contributed by atoms with van der Waals surface area (Å²) >= 11 is 0. The highest BCUT2D eigenvalue weighted by atomic mass is 16.6. The molecule has 0 saturated heterocycles. The molecule has 0 saturated carbocycles. The van der Waals surface area contributed by atoms with Gasteiger partial charge in [0.15, 0.2) is 0 Å². The Kier molecular flexibility index (Phi) is 5.95. The first-order valence-corrected chi connectivity index (χ1v) is 5.59. The highest BCUT2D eigenvalue weighted by Crippen LogP contribution is 2.07. The molecule has 0 fully saturated rings. The van der Waals surface area contributed by atoms with Crippen molar-refractivity contribution in [2.24, 2.45) is 5.92 Å². The summed E-state index contributed by atoms with van der Waals surface area (Å²) < 4.78 is 4.97. The molecule has 0 bridgehead atoms. The Morgan fingerprint density at radius 1 is 1.29 bits per heavy atom. The Balaban J connectivity index is 4.13. The number of hydrogen-bond donors (Lipinski definition) is 3. The van der Waals surface area contributed by atoms with Gasteiger partial charge in [-0.15, -0.1) is 0 Å². The van der Waals surface area contributed by atoms with Crippen molar-refractivity contribution < 1.29 is 19.4 Å². The molecule has 0 aromatic carbocycles. The Morgan fingerprint density at radius 3 is 2.18 bits per heavy atom. The van der Waals surface area contributed by atoms with E-state index in [1.165, 1.54) is 0 Å². The standard InChI is InChI=1S/C11H22N2O4/c1-7(2)6-8(9(14)15)12-13-10(16)17-11(3,4)5/h7-8,12H,6H2,1-5H3,(H,13,16)(H,14,15). The number of carboxylic acid groups (broad SMARTS) is 1. The maximum atomic E-state index is 11.3. The van der Waals surface area contributed by atoms with Crippen LogP contribution in [0.4, 0.5) is 4.79 Å². The number of rotatable bonds is 5. The van der Waals surface area contributed by atoms with E-state index in [-0.39, 0.29) is 5.92 Å². The monoisotopic (exact) mass is 246 g/mol. The fourth-order valence-electron chi connectivity index (χ4n) is 1.14. The van der Waals surface area contributed by atoms with Gasteiger partial charge in [-0.1, -0.05) is 13.8 Å². The highest BCUT2D eigenvalue weighted by molar-refractivity contribution is 5.74. The van der Waals surface area contributed by atoms with Crippen molar-refractivity contribution in [2.45, 2.75) is 52.7 Å². The van der Waals surface area contributed by atoms with E-state index in [4.69, 9.17) is 9.84 Å². The van der Waals surface area contributed by atoms with E-state index in [2.05, 4.69) is 10.9 Å². The maximum Gasteiger partial charge on any atom is 0.422 e. The number of hydrazine groups is 1. The lowest BCUT2D eigenvalue weighted by Crippen LogP contribution is -2.50. The number of carboxylic acids is 1. The fraction of sp³-hybridized carbons (Fsp3) is 0.818. The van der Waals surface area contributed by atoms with Crippen molar-refractivity contribution in [3.8, 4) is 0 Å². The van der Waals surface area contributed by atoms with Gasteiger partial charge in [-0.25, -0.2) is 10.2 Å². The Labute approximate surface area is 102 Å². The van der Waals surface area contributed by atoms with Crippen LogP contribution in [-0.2, 0) is 9.53 Å². The number of nitrogens with one attached hydrogen (secondary N) is 2. The van der Waals surface area contributed by atoms with Crippen LogP contribution in [0.2, 0.25) is 0 Å². The number of hydrogen-bond acceptors (Lipinski definition) is 4. The van der Waals surface area contributed by atoms with Gasteiger partial charge < -0.3 is 9.84 Å². The molecule has 0 aromatic heterocycles. The minimum absolute atomic E-state index is 0.212. The molecule has 0 aliphatic heterocycles. The normalized spacial score (nSPS) is 13.3. The smallest absolute Gasteiger partial charge is 0.422 e. The third-order valence-electron chi connectivity index (χ3n) is 1.75. The van der Waals surface area contributed by atoms with E-state index < -0.39 is 23.7 Å². The summed E-state index contributed by atoms with van der Waals surface area (Å²) in [5, 5.41) is 8.91. The van der Waals surface area contributed by atoms with Crippen LogP contribution in [0.5, 0.6) is 0 Å². The predicted molar refractivity (Wildman–Crippen MR) is 63.4 cm³/mol. The van der Waals surface area contributed by atoms with Crippen LogP contribution in [0.3, 0.4) is 0 Å². The van der Waals surface area contributed by atoms with Crippen LogP contribution in [0.15, 0.2) is 0 Å². The van der Waals surface area contributed by atoms with Gasteiger partial charge in [-0.2, -0.15) is 0 Å². The Bertz CT molecular complexity index is 271. The van der Waals surface area contributed by atoms with Crippen molar-refractivity contribution in [3.63, 3.8) is 0 Å². The first-order valence-electron chi connectivity index (χ1n) is 5.59. The second-order valence-corrected chi connectivity index (χ2v) is 5.29. The molecule has 6 heteroatoms. The average Bonchev–Trinajstić information content (AvgIpc) is 2.08. The minimum Gasteiger partial charge on any atom is -0.480 e. The van der Waals surface area contributed by atoms with E-state index >= 15 is 0 Å². The van der Waals surface area contributed by atoms with Crippen molar-refractivity contribution in [1.29, 1.82) is 0 Å². The third kappa shape index (κ3) is 8.50. The van der Waals surface area contributed by atoms with Gasteiger partial charge in [0.25, 0.3) is 0 Å². The van der Waals surface area contributed by atoms with Gasteiger partial charge in [0.2, 0.25) is 0 Å². The van der Waals surface area contributed by atoms with E-state index in [0.717, 1.165) is 0 Å². The predicted octanol–water partition coefficient (Wildman–Crippen LogP) is 1.51. The van der Waals surface area contributed by atoms with Crippen molar-refractivity contribution in [1.82, 2.24) is 10.9 Å². The molecular formula is C11H22N2O4. The number of carbonyl (C=O) groups is 2. The maximum absolute atomic E-state index is 11.3. The van der Waals surface area contributed by atoms with Gasteiger partial charge in [0.05, 0.1) is 0 Å². The quantitative estimate of drug-likeness (QED) is 0.640. The lowest BCUT2D eigenvalue weighted by atomic mass is 10.0. The van der Waals surface area contributed by atoms with Crippen LogP contribution in [-0.4, -0.2) is 28.8 Å². The molecule has 1 atom stereocenters. The van der Waals surface area contributed by atoms with Gasteiger partial charge >= 0.3 is 12.1 Å². The molecule has 17 heavy (non-hydrogen) atoms. The van der Waals surface area contributed by atoms with Crippen LogP contribution in [0.1, 0.15) is 41.0 Å². The van der Waals surface area contributed by atoms with Crippen molar-refractivity contribution >= 4 is 12.1 Å². The first-order chi connectivity index (χ1) is 7.61. The van der Waals surface area contributed by atoms with Gasteiger partial charge in [0, 0.05) is 0 Å². The second-order valence-electron chi connectivity index (χ2n) is 5.29. The first kappa shape index (κ1) is 15.7. The number of ether oxygens (including phenoxy) is 1. The average molecular weight is 246 g/mol. The molecule has 0 heterocycles. The minimum atomic E-state index is -1.00. The summed E-state index contributed by atoms with van der Waals surface area (Å²) in [4.78, 5) is 22.2. The molecule has 0 aromatic rings. The summed E-state index contributed by atoms with van der Waals surface area (Å²) in [5.41, 5.74) is 4.07. The van der Waals surface area contributed by atoms with Crippen LogP contribution in [0.25, 0.3) is 0 Å². The van der Waals surface area contributed by atoms with Gasteiger partial charge in [-0.05, 0) is 33.1 Å². The zero-order chi connectivity index (χ0) is 13.6. The summed E-state index contributed by atoms with van der Waals surface area (Å²) in [6, 6.07) is -0.817. The largest absolute Gasteiger partial charge is 0.480 e. The van der Waals surface area contributed by atoms with E-state index in [9.17, 15) is 9.59 Å². The fourth-order valence-corrected chi connectivity index (χ4v) is 1.14. The number of amides is 1. The topological polar surface area (TPSA) is 87.7 Å². The van der Waals surface area contributed by atoms with Crippen LogP contribution in [0, 0.1) is 5.92 Å². The Morgan fingerprint density at radius 2 is 1.82 bits per heavy atom. The molecule has 0 aliphatic rings. The van der Waals surface area contributed by atoms with E-state index in [1.54, 1.807) is 20.8 Å². The van der Waals surface area contributed by atoms with Crippen molar-refractivity contribution in [3.05, 3.63) is 0 Å². The lowest BCUT2D eigenvalue weighted by molar-refractivity contribution is -0.140. The summed E-state index contributed by atoms with van der Waals surface area (Å²) in [6.07, 6.45) is -0.266. The molecule has 3 N–H and O–H groups in total. The molecule has 1 amide bonds. The van der Waals surface area contributed by atoms with E-state index in [1.807, 2.05) is 13.8 Å². The number of aliphatic carboxylic acids is 1. The lowest BCUT2D eigenvalue weighted by Gasteiger charge is -2.22. The molecule has 6 nitrogen and oxygen atoms in total. The number of carbonyl (C=O) groups excluding carboxylic acids is 1. The Hall–Kier alpha value is -1.30. The molecule has 0 radical (unpaired) electrons. The van der Waals surface area contributed by atoms with Gasteiger partial charge in [-0.3, -0.25) is 10.2 Å². The molecule has 0 rings (SSSR count). The summed E-state index contributed by atoms with van der Waals surface area (Å²) in [6.45, 7) is 9.01. The molecule has 1 unspecified atom stereocenters. The zero-order valence-corrected chi connectivity index (χ0v) is 11.0. The SMILES string of the molecule is CC(C)CC(NNC(=O)OC(C)(C)C)C(=O)O. The summed E-state index contributed by atoms with van der Waals surface area (Å²) in [7, 11) is 0. The van der Waals surface area contributed by atoms with Crippen LogP contribution < -0.4 is 10.9 Å².